The molecule has 5 heteroatoms. The van der Waals surface area contributed by atoms with Crippen LogP contribution in [0.5, 0.6) is 11.5 Å². The van der Waals surface area contributed by atoms with Crippen LogP contribution in [0.2, 0.25) is 5.15 Å². The van der Waals surface area contributed by atoms with Gasteiger partial charge < -0.3 is 9.84 Å². The summed E-state index contributed by atoms with van der Waals surface area (Å²) in [6, 6.07) is 5.03. The normalized spacial score (nSPS) is 13.4. The first-order valence-electron chi connectivity index (χ1n) is 6.11. The van der Waals surface area contributed by atoms with Crippen LogP contribution < -0.4 is 4.74 Å². The van der Waals surface area contributed by atoms with Gasteiger partial charge in [-0.2, -0.15) is 0 Å². The van der Waals surface area contributed by atoms with E-state index in [0.29, 0.717) is 16.7 Å². The van der Waals surface area contributed by atoms with Crippen molar-refractivity contribution in [1.29, 1.82) is 0 Å². The fourth-order valence-electron chi connectivity index (χ4n) is 2.33. The molecule has 0 aliphatic heterocycles. The second-order valence-electron chi connectivity index (χ2n) is 4.50. The Morgan fingerprint density at radius 2 is 2.11 bits per heavy atom. The van der Waals surface area contributed by atoms with Gasteiger partial charge in [0.25, 0.3) is 0 Å². The van der Waals surface area contributed by atoms with Crippen LogP contribution in [0.3, 0.4) is 0 Å². The number of aryl methyl sites for hydroxylation is 1. The third-order valence-corrected chi connectivity index (χ3v) is 3.63. The van der Waals surface area contributed by atoms with E-state index in [2.05, 4.69) is 9.97 Å². The van der Waals surface area contributed by atoms with Gasteiger partial charge in [-0.15, -0.1) is 0 Å². The molecule has 98 valence electrons. The second kappa shape index (κ2) is 4.70. The Labute approximate surface area is 116 Å². The van der Waals surface area contributed by atoms with Crippen LogP contribution >= 0.6 is 11.6 Å². The molecule has 19 heavy (non-hydrogen) atoms. The highest BCUT2D eigenvalue weighted by molar-refractivity contribution is 6.30. The van der Waals surface area contributed by atoms with Gasteiger partial charge in [0.2, 0.25) is 0 Å². The Balaban J connectivity index is 2.10. The molecule has 1 N–H and O–H groups in total. The minimum Gasteiger partial charge on any atom is -0.504 e. The maximum atomic E-state index is 9.60. The number of benzene rings is 1. The topological polar surface area (TPSA) is 55.2 Å². The third-order valence-electron chi connectivity index (χ3n) is 3.32. The average molecular weight is 277 g/mol. The third kappa shape index (κ3) is 2.12. The summed E-state index contributed by atoms with van der Waals surface area (Å²) in [5.41, 5.74) is 2.88. The molecule has 0 spiro atoms. The van der Waals surface area contributed by atoms with Crippen molar-refractivity contribution in [2.75, 3.05) is 7.11 Å². The smallest absolute Gasteiger partial charge is 0.161 e. The maximum absolute atomic E-state index is 9.60. The van der Waals surface area contributed by atoms with E-state index in [1.54, 1.807) is 18.2 Å². The van der Waals surface area contributed by atoms with E-state index in [1.165, 1.54) is 7.11 Å². The lowest BCUT2D eigenvalue weighted by atomic mass is 10.1. The second-order valence-corrected chi connectivity index (χ2v) is 4.86. The van der Waals surface area contributed by atoms with Gasteiger partial charge in [-0.3, -0.25) is 0 Å². The van der Waals surface area contributed by atoms with Crippen LogP contribution in [0.25, 0.3) is 11.4 Å². The Bertz CT molecular complexity index is 644. The Hall–Kier alpha value is -1.81. The lowest BCUT2D eigenvalue weighted by Crippen LogP contribution is -1.97. The van der Waals surface area contributed by atoms with Crippen molar-refractivity contribution in [2.24, 2.45) is 0 Å². The van der Waals surface area contributed by atoms with Gasteiger partial charge in [-0.25, -0.2) is 9.97 Å². The molecule has 0 radical (unpaired) electrons. The van der Waals surface area contributed by atoms with Crippen LogP contribution in [0.15, 0.2) is 18.2 Å². The molecule has 3 rings (SSSR count). The molecular formula is C14H13ClN2O2. The highest BCUT2D eigenvalue weighted by Crippen LogP contribution is 2.33. The molecule has 0 saturated heterocycles. The van der Waals surface area contributed by atoms with Gasteiger partial charge in [0.05, 0.1) is 7.11 Å². The fraction of sp³-hybridized carbons (Fsp3) is 0.286. The first-order chi connectivity index (χ1) is 9.19. The first kappa shape index (κ1) is 12.2. The molecule has 0 unspecified atom stereocenters. The van der Waals surface area contributed by atoms with E-state index in [4.69, 9.17) is 16.3 Å². The number of rotatable bonds is 2. The molecule has 1 heterocycles. The highest BCUT2D eigenvalue weighted by atomic mass is 35.5. The van der Waals surface area contributed by atoms with E-state index in [0.717, 1.165) is 36.1 Å². The van der Waals surface area contributed by atoms with Crippen molar-refractivity contribution in [2.45, 2.75) is 19.3 Å². The predicted molar refractivity (Wildman–Crippen MR) is 72.7 cm³/mol. The number of fused-ring (bicyclic) bond motifs is 1. The molecule has 4 nitrogen and oxygen atoms in total. The summed E-state index contributed by atoms with van der Waals surface area (Å²) in [5, 5.41) is 10.1. The Morgan fingerprint density at radius 3 is 2.89 bits per heavy atom. The zero-order chi connectivity index (χ0) is 13.4. The molecule has 0 atom stereocenters. The molecule has 1 aliphatic rings. The summed E-state index contributed by atoms with van der Waals surface area (Å²) in [7, 11) is 1.51. The molecular weight excluding hydrogens is 264 g/mol. The minimum atomic E-state index is 0.0958. The zero-order valence-electron chi connectivity index (χ0n) is 10.5. The summed E-state index contributed by atoms with van der Waals surface area (Å²) >= 11 is 6.20. The predicted octanol–water partition coefficient (Wildman–Crippen LogP) is 3.00. The van der Waals surface area contributed by atoms with Crippen LogP contribution in [0.1, 0.15) is 17.7 Å². The number of phenolic OH excluding ortho intramolecular Hbond substituents is 1. The van der Waals surface area contributed by atoms with Gasteiger partial charge in [-0.1, -0.05) is 11.6 Å². The summed E-state index contributed by atoms with van der Waals surface area (Å²) in [6.45, 7) is 0. The van der Waals surface area contributed by atoms with Crippen molar-refractivity contribution in [3.8, 4) is 22.9 Å². The van der Waals surface area contributed by atoms with Crippen LogP contribution in [-0.2, 0) is 12.8 Å². The van der Waals surface area contributed by atoms with Gasteiger partial charge in [0.15, 0.2) is 17.3 Å². The van der Waals surface area contributed by atoms with Crippen LogP contribution in [0.4, 0.5) is 0 Å². The van der Waals surface area contributed by atoms with Gasteiger partial charge in [0, 0.05) is 16.8 Å². The lowest BCUT2D eigenvalue weighted by molar-refractivity contribution is 0.373. The monoisotopic (exact) mass is 276 g/mol. The van der Waals surface area contributed by atoms with Gasteiger partial charge in [-0.05, 0) is 37.5 Å². The number of halogens is 1. The van der Waals surface area contributed by atoms with Crippen molar-refractivity contribution in [3.63, 3.8) is 0 Å². The average Bonchev–Trinajstić information content (AvgIpc) is 2.88. The summed E-state index contributed by atoms with van der Waals surface area (Å²) in [5.74, 6) is 1.07. The van der Waals surface area contributed by atoms with Gasteiger partial charge >= 0.3 is 0 Å². The number of hydrogen-bond donors (Lipinski definition) is 1. The fourth-order valence-corrected chi connectivity index (χ4v) is 2.62. The highest BCUT2D eigenvalue weighted by Gasteiger charge is 2.19. The minimum absolute atomic E-state index is 0.0958. The first-order valence-corrected chi connectivity index (χ1v) is 6.49. The van der Waals surface area contributed by atoms with Crippen molar-refractivity contribution < 1.29 is 9.84 Å². The number of methoxy groups -OCH3 is 1. The number of aromatic hydroxyl groups is 1. The van der Waals surface area contributed by atoms with E-state index in [1.807, 2.05) is 0 Å². The van der Waals surface area contributed by atoms with E-state index in [9.17, 15) is 5.11 Å². The standard InChI is InChI=1S/C14H13ClN2O2/c1-19-12-7-8(5-6-11(12)18)14-16-10-4-2-3-9(10)13(15)17-14/h5-7,18H,2-4H2,1H3. The number of hydrogen-bond acceptors (Lipinski definition) is 4. The van der Waals surface area contributed by atoms with Crippen molar-refractivity contribution in [3.05, 3.63) is 34.6 Å². The van der Waals surface area contributed by atoms with E-state index >= 15 is 0 Å². The SMILES string of the molecule is COc1cc(-c2nc(Cl)c3c(n2)CCC3)ccc1O. The quantitative estimate of drug-likeness (QED) is 0.857. The van der Waals surface area contributed by atoms with Crippen LogP contribution in [-0.4, -0.2) is 22.2 Å². The van der Waals surface area contributed by atoms with Crippen LogP contribution in [0, 0.1) is 0 Å². The number of phenols is 1. The molecule has 0 fully saturated rings. The molecule has 0 bridgehead atoms. The number of ether oxygens (including phenoxy) is 1. The largest absolute Gasteiger partial charge is 0.504 e. The molecule has 1 aromatic heterocycles. The number of aromatic nitrogens is 2. The summed E-state index contributed by atoms with van der Waals surface area (Å²) < 4.78 is 5.09. The zero-order valence-corrected chi connectivity index (χ0v) is 11.2. The van der Waals surface area contributed by atoms with Crippen molar-refractivity contribution in [1.82, 2.24) is 9.97 Å². The molecule has 1 aromatic carbocycles. The molecule has 1 aliphatic carbocycles. The van der Waals surface area contributed by atoms with E-state index in [-0.39, 0.29) is 5.75 Å². The lowest BCUT2D eigenvalue weighted by Gasteiger charge is -2.08. The Morgan fingerprint density at radius 1 is 1.26 bits per heavy atom. The summed E-state index contributed by atoms with van der Waals surface area (Å²) in [6.07, 6.45) is 2.97. The molecule has 0 saturated carbocycles. The summed E-state index contributed by atoms with van der Waals surface area (Å²) in [4.78, 5) is 8.89. The van der Waals surface area contributed by atoms with Gasteiger partial charge in [0.1, 0.15) is 5.15 Å². The molecule has 2 aromatic rings. The maximum Gasteiger partial charge on any atom is 0.161 e. The number of nitrogens with zero attached hydrogens (tertiary/aromatic N) is 2. The molecule has 0 amide bonds. The Kier molecular flexibility index (Phi) is 3.03. The van der Waals surface area contributed by atoms with Crippen molar-refractivity contribution >= 4 is 11.6 Å². The van der Waals surface area contributed by atoms with E-state index < -0.39 is 0 Å².